The Bertz CT molecular complexity index is 387. The number of hydrazone groups is 1. The van der Waals surface area contributed by atoms with Crippen LogP contribution in [0.5, 0.6) is 0 Å². The summed E-state index contributed by atoms with van der Waals surface area (Å²) in [4.78, 5) is 11.6. The van der Waals surface area contributed by atoms with Gasteiger partial charge in [0.1, 0.15) is 0 Å². The first-order valence-corrected chi connectivity index (χ1v) is 5.84. The van der Waals surface area contributed by atoms with Crippen molar-refractivity contribution in [1.82, 2.24) is 5.43 Å². The molecule has 0 aliphatic carbocycles. The maximum absolute atomic E-state index is 10.4. The highest BCUT2D eigenvalue weighted by Crippen LogP contribution is 2.18. The lowest BCUT2D eigenvalue weighted by Crippen LogP contribution is -2.25. The van der Waals surface area contributed by atoms with Crippen LogP contribution in [0.1, 0.15) is 12.5 Å². The van der Waals surface area contributed by atoms with Gasteiger partial charge in [-0.05, 0) is 26.0 Å². The van der Waals surface area contributed by atoms with Crippen LogP contribution in [0.3, 0.4) is 0 Å². The molecule has 2 amide bonds. The Morgan fingerprint density at radius 1 is 1.44 bits per heavy atom. The molecule has 0 unspecified atom stereocenters. The number of nitrogens with zero attached hydrogens (tertiary/aromatic N) is 1. The lowest BCUT2D eigenvalue weighted by Gasteiger charge is -2.02. The molecule has 0 saturated carbocycles. The van der Waals surface area contributed by atoms with E-state index in [1.165, 1.54) is 10.5 Å². The smallest absolute Gasteiger partial charge is 0.332 e. The van der Waals surface area contributed by atoms with Gasteiger partial charge in [-0.25, -0.2) is 10.2 Å². The molecule has 86 valence electrons. The van der Waals surface area contributed by atoms with E-state index in [2.05, 4.69) is 41.7 Å². The topological polar surface area (TPSA) is 67.5 Å². The quantitative estimate of drug-likeness (QED) is 0.478. The molecular weight excluding hydrogens is 222 g/mol. The van der Waals surface area contributed by atoms with Gasteiger partial charge in [0.15, 0.2) is 0 Å². The Labute approximate surface area is 99.3 Å². The number of hydrogen-bond acceptors (Lipinski definition) is 3. The number of rotatable bonds is 4. The Balaban J connectivity index is 2.42. The van der Waals surface area contributed by atoms with Crippen LogP contribution < -0.4 is 11.2 Å². The molecule has 5 heteroatoms. The number of primary amides is 1. The highest BCUT2D eigenvalue weighted by Gasteiger charge is 1.97. The highest BCUT2D eigenvalue weighted by atomic mass is 32.2. The largest absolute Gasteiger partial charge is 0.350 e. The van der Waals surface area contributed by atoms with Gasteiger partial charge in [-0.2, -0.15) is 5.10 Å². The van der Waals surface area contributed by atoms with E-state index in [-0.39, 0.29) is 0 Å². The Morgan fingerprint density at radius 2 is 2.06 bits per heavy atom. The van der Waals surface area contributed by atoms with Crippen molar-refractivity contribution in [1.29, 1.82) is 0 Å². The number of urea groups is 1. The van der Waals surface area contributed by atoms with Crippen LogP contribution in [0.15, 0.2) is 34.3 Å². The zero-order valence-electron chi connectivity index (χ0n) is 9.36. The van der Waals surface area contributed by atoms with E-state index in [0.717, 1.165) is 11.5 Å². The average Bonchev–Trinajstić information content (AvgIpc) is 2.25. The van der Waals surface area contributed by atoms with Crippen molar-refractivity contribution in [3.63, 3.8) is 0 Å². The lowest BCUT2D eigenvalue weighted by molar-refractivity contribution is 0.249. The summed E-state index contributed by atoms with van der Waals surface area (Å²) in [5, 5.41) is 3.83. The van der Waals surface area contributed by atoms with E-state index >= 15 is 0 Å². The first-order chi connectivity index (χ1) is 7.58. The van der Waals surface area contributed by atoms with Crippen LogP contribution in [0.4, 0.5) is 4.79 Å². The van der Waals surface area contributed by atoms with Crippen LogP contribution in [-0.2, 0) is 0 Å². The summed E-state index contributed by atoms with van der Waals surface area (Å²) in [6.07, 6.45) is 0. The Hall–Kier alpha value is -1.49. The second-order valence-corrected chi connectivity index (χ2v) is 4.47. The van der Waals surface area contributed by atoms with E-state index in [9.17, 15) is 4.79 Å². The van der Waals surface area contributed by atoms with Crippen molar-refractivity contribution in [2.75, 3.05) is 5.75 Å². The maximum atomic E-state index is 10.4. The van der Waals surface area contributed by atoms with E-state index in [0.29, 0.717) is 0 Å². The van der Waals surface area contributed by atoms with Crippen LogP contribution in [0.2, 0.25) is 0 Å². The molecule has 0 aromatic heterocycles. The van der Waals surface area contributed by atoms with Gasteiger partial charge in [-0.3, -0.25) is 0 Å². The molecule has 0 saturated heterocycles. The molecule has 0 aliphatic rings. The van der Waals surface area contributed by atoms with Gasteiger partial charge in [0, 0.05) is 16.4 Å². The monoisotopic (exact) mass is 237 g/mol. The van der Waals surface area contributed by atoms with Crippen LogP contribution in [0.25, 0.3) is 0 Å². The summed E-state index contributed by atoms with van der Waals surface area (Å²) in [7, 11) is 0. The van der Waals surface area contributed by atoms with Gasteiger partial charge >= 0.3 is 6.03 Å². The second-order valence-electron chi connectivity index (χ2n) is 3.42. The number of benzene rings is 1. The van der Waals surface area contributed by atoms with Crippen molar-refractivity contribution in [2.45, 2.75) is 18.7 Å². The number of hydrogen-bond donors (Lipinski definition) is 2. The third kappa shape index (κ3) is 4.84. The minimum atomic E-state index is -0.639. The third-order valence-corrected chi connectivity index (χ3v) is 2.99. The fourth-order valence-electron chi connectivity index (χ4n) is 1.01. The van der Waals surface area contributed by atoms with E-state index in [1.807, 2.05) is 6.92 Å². The molecule has 4 nitrogen and oxygen atoms in total. The number of nitrogens with one attached hydrogen (secondary N) is 1. The summed E-state index contributed by atoms with van der Waals surface area (Å²) in [5.41, 5.74) is 9.17. The van der Waals surface area contributed by atoms with E-state index in [4.69, 9.17) is 5.73 Å². The molecule has 0 aliphatic heterocycles. The number of carbonyl (C=O) groups excluding carboxylic acids is 1. The summed E-state index contributed by atoms with van der Waals surface area (Å²) < 4.78 is 0. The van der Waals surface area contributed by atoms with Gasteiger partial charge < -0.3 is 5.73 Å². The Morgan fingerprint density at radius 3 is 2.62 bits per heavy atom. The second kappa shape index (κ2) is 6.17. The van der Waals surface area contributed by atoms with Crippen LogP contribution in [-0.4, -0.2) is 17.5 Å². The molecule has 0 heterocycles. The predicted molar refractivity (Wildman–Crippen MR) is 67.7 cm³/mol. The zero-order chi connectivity index (χ0) is 12.0. The van der Waals surface area contributed by atoms with E-state index < -0.39 is 6.03 Å². The number of aryl methyl sites for hydroxylation is 1. The number of nitrogens with two attached hydrogens (primary N) is 1. The summed E-state index contributed by atoms with van der Waals surface area (Å²) in [6.45, 7) is 3.90. The SMILES string of the molecule is CC(CSc1ccc(C)cc1)=NNC(N)=O. The highest BCUT2D eigenvalue weighted by molar-refractivity contribution is 8.00. The van der Waals surface area contributed by atoms with Crippen LogP contribution in [0, 0.1) is 6.92 Å². The minimum absolute atomic E-state index is 0.639. The third-order valence-electron chi connectivity index (χ3n) is 1.83. The summed E-state index contributed by atoms with van der Waals surface area (Å²) >= 11 is 1.67. The first kappa shape index (κ1) is 12.6. The molecular formula is C11H15N3OS. The lowest BCUT2D eigenvalue weighted by atomic mass is 10.2. The zero-order valence-corrected chi connectivity index (χ0v) is 10.2. The fourth-order valence-corrected chi connectivity index (χ4v) is 1.77. The molecule has 0 spiro atoms. The number of amides is 2. The van der Waals surface area contributed by atoms with Crippen molar-refractivity contribution in [3.8, 4) is 0 Å². The molecule has 0 radical (unpaired) electrons. The fraction of sp³-hybridized carbons (Fsp3) is 0.273. The number of carbonyl (C=O) groups is 1. The molecule has 1 aromatic rings. The molecule has 1 aromatic carbocycles. The average molecular weight is 237 g/mol. The molecule has 0 fully saturated rings. The van der Waals surface area contributed by atoms with Gasteiger partial charge in [-0.15, -0.1) is 11.8 Å². The van der Waals surface area contributed by atoms with Crippen LogP contribution >= 0.6 is 11.8 Å². The van der Waals surface area contributed by atoms with Gasteiger partial charge in [-0.1, -0.05) is 17.7 Å². The van der Waals surface area contributed by atoms with E-state index in [1.54, 1.807) is 11.8 Å². The van der Waals surface area contributed by atoms with Crippen molar-refractivity contribution < 1.29 is 4.79 Å². The summed E-state index contributed by atoms with van der Waals surface area (Å²) in [5.74, 6) is 0.726. The van der Waals surface area contributed by atoms with Crippen molar-refractivity contribution >= 4 is 23.5 Å². The van der Waals surface area contributed by atoms with Crippen molar-refractivity contribution in [2.24, 2.45) is 10.8 Å². The minimum Gasteiger partial charge on any atom is -0.350 e. The normalized spacial score (nSPS) is 11.2. The molecule has 1 rings (SSSR count). The van der Waals surface area contributed by atoms with Gasteiger partial charge in [0.2, 0.25) is 0 Å². The van der Waals surface area contributed by atoms with Crippen molar-refractivity contribution in [3.05, 3.63) is 29.8 Å². The first-order valence-electron chi connectivity index (χ1n) is 4.86. The maximum Gasteiger partial charge on any atom is 0.332 e. The van der Waals surface area contributed by atoms with Gasteiger partial charge in [0.05, 0.1) is 0 Å². The van der Waals surface area contributed by atoms with Gasteiger partial charge in [0.25, 0.3) is 0 Å². The molecule has 0 atom stereocenters. The molecule has 0 bridgehead atoms. The molecule has 3 N–H and O–H groups in total. The predicted octanol–water partition coefficient (Wildman–Crippen LogP) is 2.13. The standard InChI is InChI=1S/C11H15N3OS/c1-8-3-5-10(6-4-8)16-7-9(2)13-14-11(12)15/h3-6H,7H2,1-2H3,(H3,12,14,15). The Kier molecular flexibility index (Phi) is 4.85. The molecule has 16 heavy (non-hydrogen) atoms. The number of thioether (sulfide) groups is 1. The summed E-state index contributed by atoms with van der Waals surface area (Å²) in [6, 6.07) is 7.62.